The number of aromatic carboxylic acids is 1. The Kier molecular flexibility index (Phi) is 30.0. The predicted octanol–water partition coefficient (Wildman–Crippen LogP) is -1.82. The zero-order chi connectivity index (χ0) is 61.9. The minimum Gasteiger partial charge on any atom is -0.478 e. The summed E-state index contributed by atoms with van der Waals surface area (Å²) in [4.78, 5) is 55.3. The van der Waals surface area contributed by atoms with Crippen LogP contribution < -0.4 is 16.0 Å². The molecule has 0 fully saturated rings. The van der Waals surface area contributed by atoms with E-state index in [1.165, 1.54) is 36.4 Å². The van der Waals surface area contributed by atoms with E-state index in [0.29, 0.717) is 57.4 Å². The summed E-state index contributed by atoms with van der Waals surface area (Å²) in [5, 5.41) is 164. The van der Waals surface area contributed by atoms with Crippen LogP contribution in [0.4, 0.5) is 0 Å². The van der Waals surface area contributed by atoms with E-state index in [9.17, 15) is 85.6 Å². The Balaban J connectivity index is 0.000000449. The smallest absolute Gasteiger partial charge is 0.335 e. The third-order valence-electron chi connectivity index (χ3n) is 14.1. The van der Waals surface area contributed by atoms with E-state index < -0.39 is 142 Å². The van der Waals surface area contributed by atoms with Crippen molar-refractivity contribution < 1.29 is 101 Å². The van der Waals surface area contributed by atoms with Crippen LogP contribution in [0, 0.1) is 0 Å². The first-order valence-corrected chi connectivity index (χ1v) is 27.2. The molecular weight excluding hydrogens is 1250 g/mol. The second-order valence-corrected chi connectivity index (χ2v) is 22.1. The maximum absolute atomic E-state index is 13.3. The molecule has 25 nitrogen and oxygen atoms in total. The highest BCUT2D eigenvalue weighted by Crippen LogP contribution is 2.41. The molecule has 4 aromatic carbocycles. The molecule has 2 unspecified atom stereocenters. The van der Waals surface area contributed by atoms with E-state index in [-0.39, 0.29) is 53.0 Å². The second-order valence-electron chi connectivity index (χ2n) is 20.4. The van der Waals surface area contributed by atoms with Crippen LogP contribution in [0.5, 0.6) is 0 Å². The number of carbonyl (C=O) groups is 4. The number of carboxylic acids is 1. The van der Waals surface area contributed by atoms with Crippen molar-refractivity contribution in [2.45, 2.75) is 98.2 Å². The van der Waals surface area contributed by atoms with Gasteiger partial charge in [0.2, 0.25) is 0 Å². The molecule has 31 heteroatoms. The summed E-state index contributed by atoms with van der Waals surface area (Å²) in [6.07, 6.45) is -21.7. The Labute approximate surface area is 520 Å². The number of benzene rings is 4. The summed E-state index contributed by atoms with van der Waals surface area (Å²) in [6, 6.07) is 15.2. The third kappa shape index (κ3) is 19.7. The lowest BCUT2D eigenvalue weighted by Crippen LogP contribution is -2.49. The highest BCUT2D eigenvalue weighted by atomic mass is 35.5. The second kappa shape index (κ2) is 34.0. The van der Waals surface area contributed by atoms with E-state index in [1.54, 1.807) is 24.3 Å². The number of aliphatic hydroxyl groups is 15. The van der Waals surface area contributed by atoms with Gasteiger partial charge < -0.3 is 107 Å². The number of amides is 3. The van der Waals surface area contributed by atoms with Crippen molar-refractivity contribution in [1.29, 1.82) is 0 Å². The van der Waals surface area contributed by atoms with Gasteiger partial charge in [-0.1, -0.05) is 46.4 Å². The molecule has 0 saturated heterocycles. The van der Waals surface area contributed by atoms with Crippen molar-refractivity contribution in [3.8, 4) is 0 Å². The van der Waals surface area contributed by atoms with E-state index in [2.05, 4.69) is 16.0 Å². The molecule has 474 valence electrons. The Bertz CT molecular complexity index is 2840. The number of nitrogens with zero attached hydrogens (tertiary/aromatic N) is 2. The Morgan fingerprint density at radius 1 is 0.447 bits per heavy atom. The largest absolute Gasteiger partial charge is 0.478 e. The van der Waals surface area contributed by atoms with Crippen molar-refractivity contribution in [1.82, 2.24) is 25.8 Å². The Morgan fingerprint density at radius 3 is 1.00 bits per heavy atom. The predicted molar refractivity (Wildman–Crippen MR) is 314 cm³/mol. The molecule has 6 rings (SSSR count). The van der Waals surface area contributed by atoms with Crippen LogP contribution in [0.2, 0.25) is 20.1 Å². The van der Waals surface area contributed by atoms with Crippen LogP contribution in [-0.4, -0.2) is 255 Å². The van der Waals surface area contributed by atoms with Gasteiger partial charge in [-0.25, -0.2) is 4.79 Å². The molecule has 0 aromatic heterocycles. The summed E-state index contributed by atoms with van der Waals surface area (Å²) in [5.74, 6) is -4.33. The van der Waals surface area contributed by atoms with Crippen LogP contribution in [0.15, 0.2) is 60.7 Å². The number of carbonyl (C=O) groups excluding carboxylic acids is 3. The average Bonchev–Trinajstić information content (AvgIpc) is 1.43. The Morgan fingerprint density at radius 2 is 0.718 bits per heavy atom. The minimum atomic E-state index is -1.92. The van der Waals surface area contributed by atoms with Gasteiger partial charge in [-0.3, -0.25) is 14.4 Å². The molecule has 2 aliphatic rings. The maximum Gasteiger partial charge on any atom is 0.335 e. The van der Waals surface area contributed by atoms with E-state index in [4.69, 9.17) is 61.7 Å². The molecule has 0 saturated carbocycles. The van der Waals surface area contributed by atoms with Gasteiger partial charge >= 0.3 is 5.97 Å². The summed E-state index contributed by atoms with van der Waals surface area (Å²) < 4.78 is 0. The fraction of sp³-hybridized carbons (Fsp3) is 0.481. The van der Waals surface area contributed by atoms with E-state index >= 15 is 0 Å². The van der Waals surface area contributed by atoms with Gasteiger partial charge in [-0.2, -0.15) is 0 Å². The van der Waals surface area contributed by atoms with Gasteiger partial charge in [0.1, 0.15) is 54.9 Å². The SMILES string of the molecule is CN1Cc2c(Cl)cc(Cl)cc2C(c2cc(C(=O)NC[C@H](O)[C@@H](O)[C@H](O)[C@H](O)CO)cc(C(=O)NC[C@H](O)[C@@H](O)[C@H](O)[C@H](O)CO)c2)C1.CN1Cc2c(Cl)cc(Cl)cc2C(c2cc(C(=O)O)cc(C(=O)NC[C@H](O)[C@@H](O)[C@H](O)[C@H](O)CO)c2)C1.Cl.Cl. The summed E-state index contributed by atoms with van der Waals surface area (Å²) in [5.41, 5.74) is 4.03. The fourth-order valence-electron chi connectivity index (χ4n) is 9.43. The number of hydrogen-bond donors (Lipinski definition) is 19. The van der Waals surface area contributed by atoms with Gasteiger partial charge in [-0.05, 0) is 108 Å². The van der Waals surface area contributed by atoms with Crippen molar-refractivity contribution in [3.63, 3.8) is 0 Å². The first kappa shape index (κ1) is 75.1. The van der Waals surface area contributed by atoms with Crippen LogP contribution in [-0.2, 0) is 13.1 Å². The summed E-state index contributed by atoms with van der Waals surface area (Å²) in [6.45, 7) is -2.27. The van der Waals surface area contributed by atoms with Crippen molar-refractivity contribution in [2.75, 3.05) is 66.6 Å². The van der Waals surface area contributed by atoms with Gasteiger partial charge in [0.15, 0.2) is 0 Å². The molecule has 85 heavy (non-hydrogen) atoms. The molecule has 19 N–H and O–H groups in total. The topological polar surface area (TPSA) is 435 Å². The third-order valence-corrected chi connectivity index (χ3v) is 15.2. The monoisotopic (exact) mass is 1320 g/mol. The van der Waals surface area contributed by atoms with Gasteiger partial charge in [0.25, 0.3) is 17.7 Å². The Hall–Kier alpha value is -4.18. The van der Waals surface area contributed by atoms with E-state index in [1.807, 2.05) is 23.9 Å². The van der Waals surface area contributed by atoms with Crippen LogP contribution in [0.1, 0.15) is 86.6 Å². The summed E-state index contributed by atoms with van der Waals surface area (Å²) >= 11 is 25.5. The summed E-state index contributed by atoms with van der Waals surface area (Å²) in [7, 11) is 3.75. The number of rotatable bonds is 24. The van der Waals surface area contributed by atoms with Gasteiger partial charge in [0, 0.05) is 94.4 Å². The lowest BCUT2D eigenvalue weighted by atomic mass is 9.83. The molecule has 2 heterocycles. The number of halogens is 6. The lowest BCUT2D eigenvalue weighted by Gasteiger charge is -2.33. The standard InChI is InChI=1S/C30H41Cl2N3O12.C24H28Cl2N2O8.2ClH/c1-35-9-18(17-5-16(31)6-20(32)19(17)10-35)13-2-14(29(46)33-7-21(38)25(42)27(44)23(40)11-36)4-15(3-13)30(47)34-8-22(39)26(43)28(45)24(41)12-37;1-28-8-16(15-5-14(25)6-18(26)17(15)9-28)11-2-12(4-13(3-11)24(35)36)23(34)27-7-19(30)21(32)22(33)20(31)10-29;;/h2-6,18,21-28,36-45H,7-12H2,1H3,(H,33,46)(H,34,47);2-6,16,19-22,29-33H,7-10H2,1H3,(H,27,34)(H,35,36);2*1H/t18?,21-,22-,23+,24+,25+,26+,27+,28+;16?,19-,20+,21+,22+;;/m00../s1. The van der Waals surface area contributed by atoms with Gasteiger partial charge in [-0.15, -0.1) is 24.8 Å². The van der Waals surface area contributed by atoms with Crippen molar-refractivity contribution in [2.24, 2.45) is 0 Å². The highest BCUT2D eigenvalue weighted by molar-refractivity contribution is 6.36. The molecular formula is C54H71Cl6N5O20. The van der Waals surface area contributed by atoms with Crippen molar-refractivity contribution in [3.05, 3.63) is 136 Å². The number of aliphatic hydroxyl groups excluding tert-OH is 15. The minimum absolute atomic E-state index is 0. The molecule has 0 radical (unpaired) electrons. The highest BCUT2D eigenvalue weighted by Gasteiger charge is 2.35. The maximum atomic E-state index is 13.3. The molecule has 3 amide bonds. The molecule has 0 spiro atoms. The zero-order valence-corrected chi connectivity index (χ0v) is 50.1. The number of nitrogens with one attached hydrogen (secondary N) is 3. The van der Waals surface area contributed by atoms with Crippen molar-refractivity contribution >= 4 is 94.9 Å². The number of carboxylic acid groups (broad SMARTS) is 1. The molecule has 14 atom stereocenters. The number of fused-ring (bicyclic) bond motifs is 2. The molecule has 0 bridgehead atoms. The van der Waals surface area contributed by atoms with Crippen LogP contribution in [0.25, 0.3) is 0 Å². The average molecular weight is 1320 g/mol. The molecule has 2 aliphatic heterocycles. The fourth-order valence-corrected chi connectivity index (χ4v) is 10.6. The first-order chi connectivity index (χ1) is 39.0. The normalized spacial score (nSPS) is 19.3. The van der Waals surface area contributed by atoms with Crippen LogP contribution in [0.3, 0.4) is 0 Å². The van der Waals surface area contributed by atoms with Crippen LogP contribution >= 0.6 is 71.2 Å². The van der Waals surface area contributed by atoms with Gasteiger partial charge in [0.05, 0.1) is 43.7 Å². The quantitative estimate of drug-likeness (QED) is 0.0367. The first-order valence-electron chi connectivity index (χ1n) is 25.7. The molecule has 0 aliphatic carbocycles. The number of hydrogen-bond acceptors (Lipinski definition) is 21. The lowest BCUT2D eigenvalue weighted by molar-refractivity contribution is -0.113. The van der Waals surface area contributed by atoms with E-state index in [0.717, 1.165) is 22.3 Å². The number of likely N-dealkylation sites (N-methyl/N-ethyl adjacent to an activating group) is 2. The molecule has 4 aromatic rings. The zero-order valence-electron chi connectivity index (χ0n) is 45.4.